The first-order valence-electron chi connectivity index (χ1n) is 8.46. The van der Waals surface area contributed by atoms with Crippen molar-refractivity contribution in [2.75, 3.05) is 26.2 Å². The Bertz CT molecular complexity index is 444. The Hall–Kier alpha value is -0.570. The molecule has 21 heavy (non-hydrogen) atoms. The summed E-state index contributed by atoms with van der Waals surface area (Å²) in [4.78, 5) is 2.69. The van der Waals surface area contributed by atoms with Crippen LogP contribution in [0.15, 0.2) is 18.2 Å². The number of rotatable bonds is 3. The molecule has 2 nitrogen and oxygen atoms in total. The molecule has 2 fully saturated rings. The fourth-order valence-corrected chi connectivity index (χ4v) is 4.17. The highest BCUT2D eigenvalue weighted by atomic mass is 35.5. The van der Waals surface area contributed by atoms with E-state index in [1.165, 1.54) is 43.2 Å². The van der Waals surface area contributed by atoms with Crippen molar-refractivity contribution in [1.29, 1.82) is 0 Å². The Kier molecular flexibility index (Phi) is 5.20. The molecule has 1 atom stereocenters. The molecule has 0 spiro atoms. The van der Waals surface area contributed by atoms with Crippen molar-refractivity contribution < 1.29 is 0 Å². The van der Waals surface area contributed by atoms with E-state index in [1.807, 2.05) is 0 Å². The van der Waals surface area contributed by atoms with Crippen molar-refractivity contribution in [3.05, 3.63) is 34.3 Å². The van der Waals surface area contributed by atoms with Gasteiger partial charge in [0.2, 0.25) is 0 Å². The summed E-state index contributed by atoms with van der Waals surface area (Å²) in [6, 6.07) is 7.28. The molecule has 1 saturated carbocycles. The Morgan fingerprint density at radius 3 is 2.52 bits per heavy atom. The molecule has 1 aromatic carbocycles. The highest BCUT2D eigenvalue weighted by molar-refractivity contribution is 6.31. The number of nitrogens with zero attached hydrogens (tertiary/aromatic N) is 1. The van der Waals surface area contributed by atoms with Crippen LogP contribution in [0.4, 0.5) is 0 Å². The number of halogens is 1. The van der Waals surface area contributed by atoms with Crippen LogP contribution in [0.25, 0.3) is 0 Å². The van der Waals surface area contributed by atoms with Gasteiger partial charge in [0, 0.05) is 37.2 Å². The lowest BCUT2D eigenvalue weighted by atomic mass is 9.80. The van der Waals surface area contributed by atoms with Crippen LogP contribution in [0.3, 0.4) is 0 Å². The first-order chi connectivity index (χ1) is 10.3. The molecule has 1 N–H and O–H groups in total. The van der Waals surface area contributed by atoms with Gasteiger partial charge in [-0.3, -0.25) is 4.90 Å². The van der Waals surface area contributed by atoms with Gasteiger partial charge in [-0.2, -0.15) is 0 Å². The van der Waals surface area contributed by atoms with Gasteiger partial charge < -0.3 is 5.32 Å². The molecule has 1 saturated heterocycles. The molecule has 1 aliphatic carbocycles. The molecule has 2 aliphatic rings. The van der Waals surface area contributed by atoms with Crippen molar-refractivity contribution in [3.8, 4) is 0 Å². The topological polar surface area (TPSA) is 15.3 Å². The summed E-state index contributed by atoms with van der Waals surface area (Å²) in [5.41, 5.74) is 2.61. The molecule has 3 heteroatoms. The fourth-order valence-electron chi connectivity index (χ4n) is 3.98. The van der Waals surface area contributed by atoms with Gasteiger partial charge >= 0.3 is 0 Å². The molecule has 1 heterocycles. The van der Waals surface area contributed by atoms with Crippen LogP contribution in [0.1, 0.15) is 49.3 Å². The molecule has 1 aromatic rings. The van der Waals surface area contributed by atoms with Crippen LogP contribution in [-0.2, 0) is 0 Å². The van der Waals surface area contributed by atoms with E-state index in [2.05, 4.69) is 35.3 Å². The van der Waals surface area contributed by atoms with Crippen LogP contribution in [0.2, 0.25) is 5.02 Å². The third kappa shape index (κ3) is 3.61. The summed E-state index contributed by atoms with van der Waals surface area (Å²) in [7, 11) is 0. The smallest absolute Gasteiger partial charge is 0.0438 e. The third-order valence-electron chi connectivity index (χ3n) is 5.18. The first kappa shape index (κ1) is 15.3. The summed E-state index contributed by atoms with van der Waals surface area (Å²) in [5.74, 6) is 0.802. The zero-order valence-electron chi connectivity index (χ0n) is 13.1. The Morgan fingerprint density at radius 1 is 1.14 bits per heavy atom. The van der Waals surface area contributed by atoms with Gasteiger partial charge in [-0.05, 0) is 42.9 Å². The molecule has 116 valence electrons. The number of hydrogen-bond donors (Lipinski definition) is 1. The number of aryl methyl sites for hydroxylation is 1. The van der Waals surface area contributed by atoms with Crippen molar-refractivity contribution in [3.63, 3.8) is 0 Å². The molecule has 3 rings (SSSR count). The second-order valence-corrected chi connectivity index (χ2v) is 7.04. The quantitative estimate of drug-likeness (QED) is 0.901. The largest absolute Gasteiger partial charge is 0.314 e. The standard InChI is InChI=1S/C18H27ClN2/c1-14-7-8-16(13-17(14)19)18(15-5-3-2-4-6-15)21-11-9-20-10-12-21/h7-8,13,15,18,20H,2-6,9-12H2,1H3/t18-/m1/s1. The maximum absolute atomic E-state index is 6.40. The van der Waals surface area contributed by atoms with E-state index in [4.69, 9.17) is 11.6 Å². The SMILES string of the molecule is Cc1ccc([C@@H](C2CCCCC2)N2CCNCC2)cc1Cl. The van der Waals surface area contributed by atoms with Crippen LogP contribution in [-0.4, -0.2) is 31.1 Å². The molecular weight excluding hydrogens is 280 g/mol. The molecule has 1 aliphatic heterocycles. The normalized spacial score (nSPS) is 23.1. The molecule has 0 unspecified atom stereocenters. The van der Waals surface area contributed by atoms with Crippen LogP contribution < -0.4 is 5.32 Å². The van der Waals surface area contributed by atoms with Crippen molar-refractivity contribution >= 4 is 11.6 Å². The average molecular weight is 307 g/mol. The minimum absolute atomic E-state index is 0.561. The van der Waals surface area contributed by atoms with Gasteiger partial charge in [0.15, 0.2) is 0 Å². The van der Waals surface area contributed by atoms with E-state index >= 15 is 0 Å². The molecule has 0 radical (unpaired) electrons. The minimum atomic E-state index is 0.561. The van der Waals surface area contributed by atoms with Gasteiger partial charge in [-0.1, -0.05) is 43.0 Å². The van der Waals surface area contributed by atoms with E-state index < -0.39 is 0 Å². The van der Waals surface area contributed by atoms with E-state index in [9.17, 15) is 0 Å². The van der Waals surface area contributed by atoms with Crippen molar-refractivity contribution in [1.82, 2.24) is 10.2 Å². The minimum Gasteiger partial charge on any atom is -0.314 e. The third-order valence-corrected chi connectivity index (χ3v) is 5.59. The van der Waals surface area contributed by atoms with Crippen molar-refractivity contribution in [2.45, 2.75) is 45.1 Å². The number of benzene rings is 1. The monoisotopic (exact) mass is 306 g/mol. The maximum atomic E-state index is 6.40. The van der Waals surface area contributed by atoms with Crippen LogP contribution in [0, 0.1) is 12.8 Å². The molecular formula is C18H27ClN2. The zero-order chi connectivity index (χ0) is 14.7. The van der Waals surface area contributed by atoms with E-state index in [0.717, 1.165) is 37.1 Å². The lowest BCUT2D eigenvalue weighted by Crippen LogP contribution is -2.47. The summed E-state index contributed by atoms with van der Waals surface area (Å²) in [6.45, 7) is 6.64. The van der Waals surface area contributed by atoms with Gasteiger partial charge in [-0.15, -0.1) is 0 Å². The van der Waals surface area contributed by atoms with Gasteiger partial charge in [-0.25, -0.2) is 0 Å². The van der Waals surface area contributed by atoms with Gasteiger partial charge in [0.1, 0.15) is 0 Å². The predicted octanol–water partition coefficient (Wildman–Crippen LogP) is 4.18. The average Bonchev–Trinajstić information content (AvgIpc) is 2.53. The lowest BCUT2D eigenvalue weighted by molar-refractivity contribution is 0.103. The summed E-state index contributed by atoms with van der Waals surface area (Å²) in [5, 5.41) is 4.40. The van der Waals surface area contributed by atoms with E-state index in [1.54, 1.807) is 0 Å². The Morgan fingerprint density at radius 2 is 1.86 bits per heavy atom. The molecule has 0 bridgehead atoms. The fraction of sp³-hybridized carbons (Fsp3) is 0.667. The molecule has 0 amide bonds. The van der Waals surface area contributed by atoms with Crippen LogP contribution in [0.5, 0.6) is 0 Å². The van der Waals surface area contributed by atoms with Gasteiger partial charge in [0.25, 0.3) is 0 Å². The van der Waals surface area contributed by atoms with E-state index in [-0.39, 0.29) is 0 Å². The van der Waals surface area contributed by atoms with Crippen LogP contribution >= 0.6 is 11.6 Å². The first-order valence-corrected chi connectivity index (χ1v) is 8.84. The number of nitrogens with one attached hydrogen (secondary N) is 1. The van der Waals surface area contributed by atoms with E-state index in [0.29, 0.717) is 6.04 Å². The highest BCUT2D eigenvalue weighted by Crippen LogP contribution is 2.39. The summed E-state index contributed by atoms with van der Waals surface area (Å²) >= 11 is 6.40. The number of piperazine rings is 1. The number of hydrogen-bond acceptors (Lipinski definition) is 2. The second kappa shape index (κ2) is 7.13. The summed E-state index contributed by atoms with van der Waals surface area (Å²) < 4.78 is 0. The second-order valence-electron chi connectivity index (χ2n) is 6.64. The predicted molar refractivity (Wildman–Crippen MR) is 89.9 cm³/mol. The Labute approximate surface area is 133 Å². The zero-order valence-corrected chi connectivity index (χ0v) is 13.8. The highest BCUT2D eigenvalue weighted by Gasteiger charge is 2.31. The molecule has 0 aromatic heterocycles. The lowest BCUT2D eigenvalue weighted by Gasteiger charge is -2.41. The van der Waals surface area contributed by atoms with Crippen molar-refractivity contribution in [2.24, 2.45) is 5.92 Å². The van der Waals surface area contributed by atoms with Gasteiger partial charge in [0.05, 0.1) is 0 Å². The Balaban J connectivity index is 1.87. The maximum Gasteiger partial charge on any atom is 0.0438 e. The summed E-state index contributed by atoms with van der Waals surface area (Å²) in [6.07, 6.45) is 6.96.